The Morgan fingerprint density at radius 1 is 0.571 bits per heavy atom. The van der Waals surface area contributed by atoms with Crippen molar-refractivity contribution in [2.24, 2.45) is 0 Å². The average Bonchev–Trinajstić information content (AvgIpc) is 3.24. The summed E-state index contributed by atoms with van der Waals surface area (Å²) >= 11 is 0. The van der Waals surface area contributed by atoms with Crippen molar-refractivity contribution in [3.05, 3.63) is 48.6 Å². The molecule has 368 valence electrons. The summed E-state index contributed by atoms with van der Waals surface area (Å²) in [5.74, 6) is -0.912. The van der Waals surface area contributed by atoms with Gasteiger partial charge >= 0.3 is 11.9 Å². The lowest BCUT2D eigenvalue weighted by atomic mass is 10.0. The molecule has 0 rings (SSSR count). The van der Waals surface area contributed by atoms with E-state index in [0.717, 1.165) is 64.2 Å². The highest BCUT2D eigenvalue weighted by molar-refractivity contribution is 7.45. The van der Waals surface area contributed by atoms with Crippen LogP contribution in [-0.2, 0) is 32.7 Å². The first-order valence-electron chi connectivity index (χ1n) is 25.4. The summed E-state index contributed by atoms with van der Waals surface area (Å²) in [7, 11) is 1.12. The zero-order chi connectivity index (χ0) is 46.5. The Labute approximate surface area is 386 Å². The molecule has 1 unspecified atom stereocenters. The fraction of sp³-hybridized carbons (Fsp3) is 0.808. The smallest absolute Gasteiger partial charge is 0.306 e. The lowest BCUT2D eigenvalue weighted by molar-refractivity contribution is -0.870. The van der Waals surface area contributed by atoms with Gasteiger partial charge in [0.25, 0.3) is 7.82 Å². The lowest BCUT2D eigenvalue weighted by Gasteiger charge is -2.28. The maximum absolute atomic E-state index is 12.7. The van der Waals surface area contributed by atoms with E-state index in [1.165, 1.54) is 109 Å². The van der Waals surface area contributed by atoms with E-state index < -0.39 is 32.5 Å². The van der Waals surface area contributed by atoms with Crippen molar-refractivity contribution in [2.75, 3.05) is 47.5 Å². The van der Waals surface area contributed by atoms with Gasteiger partial charge in [-0.15, -0.1) is 0 Å². The molecule has 0 aliphatic carbocycles. The van der Waals surface area contributed by atoms with E-state index in [2.05, 4.69) is 49.5 Å². The summed E-state index contributed by atoms with van der Waals surface area (Å²) < 4.78 is 33.9. The summed E-state index contributed by atoms with van der Waals surface area (Å²) in [6.45, 7) is 3.90. The fourth-order valence-corrected chi connectivity index (χ4v) is 7.59. The third-order valence-corrected chi connectivity index (χ3v) is 12.0. The Kier molecular flexibility index (Phi) is 42.4. The van der Waals surface area contributed by atoms with Crippen LogP contribution in [0.25, 0.3) is 0 Å². The van der Waals surface area contributed by atoms with Gasteiger partial charge in [-0.3, -0.25) is 14.2 Å². The zero-order valence-corrected chi connectivity index (χ0v) is 42.0. The van der Waals surface area contributed by atoms with Gasteiger partial charge in [0.15, 0.2) is 6.10 Å². The Bertz CT molecular complexity index is 1230. The molecule has 0 aromatic rings. The van der Waals surface area contributed by atoms with Gasteiger partial charge in [-0.2, -0.15) is 0 Å². The van der Waals surface area contributed by atoms with Crippen molar-refractivity contribution in [3.63, 3.8) is 0 Å². The number of quaternary nitrogens is 1. The van der Waals surface area contributed by atoms with Gasteiger partial charge in [-0.05, 0) is 57.8 Å². The lowest BCUT2D eigenvalue weighted by Crippen LogP contribution is -2.37. The van der Waals surface area contributed by atoms with E-state index in [1.54, 1.807) is 0 Å². The number of hydrogen-bond acceptors (Lipinski definition) is 9. The number of esters is 2. The third-order valence-electron chi connectivity index (χ3n) is 11.0. The predicted molar refractivity (Wildman–Crippen MR) is 260 cm³/mol. The number of rotatable bonds is 46. The number of aliphatic hydroxyl groups excluding tert-OH is 1. The number of aliphatic hydroxyl groups is 1. The molecule has 0 saturated heterocycles. The highest BCUT2D eigenvalue weighted by Crippen LogP contribution is 2.38. The van der Waals surface area contributed by atoms with Crippen LogP contribution in [0.15, 0.2) is 48.6 Å². The van der Waals surface area contributed by atoms with Gasteiger partial charge in [0, 0.05) is 12.8 Å². The quantitative estimate of drug-likeness (QED) is 0.0208. The Hall–Kier alpha value is -2.07. The van der Waals surface area contributed by atoms with Crippen molar-refractivity contribution in [2.45, 2.75) is 225 Å². The van der Waals surface area contributed by atoms with E-state index >= 15 is 0 Å². The molecule has 0 aliphatic rings. The van der Waals surface area contributed by atoms with Crippen LogP contribution in [-0.4, -0.2) is 81.2 Å². The molecule has 0 bridgehead atoms. The molecule has 0 amide bonds. The Balaban J connectivity index is 4.32. The van der Waals surface area contributed by atoms with Crippen molar-refractivity contribution in [1.29, 1.82) is 0 Å². The maximum atomic E-state index is 12.7. The SMILES string of the molecule is CCCCCCCCCCCCCCCCCCCCCCCC(=O)O[C@H](COC(=O)CCC/C=C\C/C=C\C/C=C\C/C=C\CC[C@@H](O)CC)COP(=O)([O-])OCC[N+](C)(C)C. The third kappa shape index (κ3) is 47.7. The highest BCUT2D eigenvalue weighted by Gasteiger charge is 2.21. The summed E-state index contributed by atoms with van der Waals surface area (Å²) in [4.78, 5) is 37.7. The van der Waals surface area contributed by atoms with Crippen molar-refractivity contribution in [1.82, 2.24) is 0 Å². The van der Waals surface area contributed by atoms with Crippen LogP contribution in [0.3, 0.4) is 0 Å². The second-order valence-electron chi connectivity index (χ2n) is 18.3. The number of nitrogens with zero attached hydrogens (tertiary/aromatic N) is 1. The van der Waals surface area contributed by atoms with Crippen LogP contribution in [0, 0.1) is 0 Å². The molecule has 0 aromatic carbocycles. The van der Waals surface area contributed by atoms with E-state index in [1.807, 2.05) is 34.1 Å². The molecule has 0 fully saturated rings. The summed E-state index contributed by atoms with van der Waals surface area (Å²) in [5, 5.41) is 9.58. The van der Waals surface area contributed by atoms with Gasteiger partial charge < -0.3 is 33.0 Å². The molecule has 0 heterocycles. The monoisotopic (exact) mass is 910 g/mol. The molecular formula is C52H96NO9P. The molecule has 1 N–H and O–H groups in total. The average molecular weight is 910 g/mol. The largest absolute Gasteiger partial charge is 0.756 e. The maximum Gasteiger partial charge on any atom is 0.306 e. The zero-order valence-electron chi connectivity index (χ0n) is 41.1. The van der Waals surface area contributed by atoms with Gasteiger partial charge in [-0.25, -0.2) is 0 Å². The first-order valence-corrected chi connectivity index (χ1v) is 26.9. The molecule has 3 atom stereocenters. The van der Waals surface area contributed by atoms with Crippen LogP contribution < -0.4 is 4.89 Å². The van der Waals surface area contributed by atoms with E-state index in [4.69, 9.17) is 18.5 Å². The van der Waals surface area contributed by atoms with E-state index in [-0.39, 0.29) is 32.2 Å². The number of phosphoric acid groups is 1. The van der Waals surface area contributed by atoms with E-state index in [0.29, 0.717) is 23.9 Å². The number of carbonyl (C=O) groups excluding carboxylic acids is 2. The van der Waals surface area contributed by atoms with Crippen LogP contribution in [0.4, 0.5) is 0 Å². The number of allylic oxidation sites excluding steroid dienone is 8. The molecule has 0 saturated carbocycles. The number of likely N-dealkylation sites (N-methyl/N-ethyl adjacent to an activating group) is 1. The molecule has 0 spiro atoms. The standard InChI is InChI=1S/C52H96NO9P/c1-6-8-9-10-11-12-13-14-15-16-17-18-19-20-21-26-29-32-35-38-41-44-52(56)62-50(48-61-63(57,58)60-46-45-53(3,4)5)47-59-51(55)43-40-37-34-31-28-25-23-22-24-27-30-33-36-39-42-49(54)7-2/h23-25,27,31,33-34,36,49-50,54H,6-22,26,28-30,32,35,37-48H2,1-5H3/b25-23-,27-24-,34-31-,36-33-/t49-,50+/m0/s1. The molecule has 10 nitrogen and oxygen atoms in total. The number of phosphoric ester groups is 1. The van der Waals surface area contributed by atoms with Crippen LogP contribution >= 0.6 is 7.82 Å². The van der Waals surface area contributed by atoms with E-state index in [9.17, 15) is 24.2 Å². The molecular weight excluding hydrogens is 814 g/mol. The number of hydrogen-bond donors (Lipinski definition) is 1. The number of ether oxygens (including phenoxy) is 2. The first kappa shape index (κ1) is 60.9. The Morgan fingerprint density at radius 2 is 1.00 bits per heavy atom. The van der Waals surface area contributed by atoms with Gasteiger partial charge in [0.05, 0.1) is 33.9 Å². The predicted octanol–water partition coefficient (Wildman–Crippen LogP) is 13.4. The second-order valence-corrected chi connectivity index (χ2v) is 19.7. The molecule has 0 aromatic heterocycles. The van der Waals surface area contributed by atoms with Crippen molar-refractivity contribution < 1.29 is 47.2 Å². The van der Waals surface area contributed by atoms with Crippen LogP contribution in [0.1, 0.15) is 213 Å². The number of unbranched alkanes of at least 4 members (excludes halogenated alkanes) is 21. The van der Waals surface area contributed by atoms with Crippen LogP contribution in [0.2, 0.25) is 0 Å². The normalized spacial score (nSPS) is 14.3. The second kappa shape index (κ2) is 43.8. The molecule has 63 heavy (non-hydrogen) atoms. The minimum absolute atomic E-state index is 0.0450. The minimum Gasteiger partial charge on any atom is -0.756 e. The van der Waals surface area contributed by atoms with Crippen molar-refractivity contribution in [3.8, 4) is 0 Å². The first-order chi connectivity index (χ1) is 30.4. The number of carbonyl (C=O) groups is 2. The summed E-state index contributed by atoms with van der Waals surface area (Å²) in [5.41, 5.74) is 0. The minimum atomic E-state index is -4.65. The molecule has 0 radical (unpaired) electrons. The summed E-state index contributed by atoms with van der Waals surface area (Å²) in [6, 6.07) is 0. The summed E-state index contributed by atoms with van der Waals surface area (Å²) in [6.07, 6.45) is 49.5. The molecule has 11 heteroatoms. The highest BCUT2D eigenvalue weighted by atomic mass is 31.2. The van der Waals surface area contributed by atoms with Crippen molar-refractivity contribution >= 4 is 19.8 Å². The van der Waals surface area contributed by atoms with Gasteiger partial charge in [-0.1, -0.05) is 191 Å². The van der Waals surface area contributed by atoms with Crippen LogP contribution in [0.5, 0.6) is 0 Å². The Morgan fingerprint density at radius 3 is 1.46 bits per heavy atom. The van der Waals surface area contributed by atoms with Gasteiger partial charge in [0.2, 0.25) is 0 Å². The molecule has 0 aliphatic heterocycles. The van der Waals surface area contributed by atoms with Gasteiger partial charge in [0.1, 0.15) is 19.8 Å². The fourth-order valence-electron chi connectivity index (χ4n) is 6.86. The topological polar surface area (TPSA) is 131 Å².